The topological polar surface area (TPSA) is 41.6 Å². The van der Waals surface area contributed by atoms with Crippen LogP contribution >= 0.6 is 0 Å². The number of ether oxygens (including phenoxy) is 1. The molecule has 4 nitrogen and oxygen atoms in total. The molecule has 106 valence electrons. The van der Waals surface area contributed by atoms with Gasteiger partial charge in [-0.15, -0.1) is 0 Å². The van der Waals surface area contributed by atoms with Gasteiger partial charge in [-0.1, -0.05) is 33.6 Å². The first-order valence-electron chi connectivity index (χ1n) is 6.88. The molecule has 0 heterocycles. The van der Waals surface area contributed by atoms with Crippen LogP contribution < -0.4 is 5.43 Å². The molecule has 1 fully saturated rings. The number of hydrazine groups is 1. The molecular weight excluding hydrogens is 228 g/mol. The van der Waals surface area contributed by atoms with Crippen LogP contribution in [0.3, 0.4) is 0 Å². The summed E-state index contributed by atoms with van der Waals surface area (Å²) in [6.45, 7) is 7.56. The Morgan fingerprint density at radius 3 is 2.33 bits per heavy atom. The van der Waals surface area contributed by atoms with Gasteiger partial charge in [0.1, 0.15) is 5.54 Å². The Morgan fingerprint density at radius 2 is 1.89 bits per heavy atom. The molecule has 0 aromatic heterocycles. The average Bonchev–Trinajstić information content (AvgIpc) is 2.76. The van der Waals surface area contributed by atoms with Gasteiger partial charge in [-0.05, 0) is 24.7 Å². The maximum absolute atomic E-state index is 12.0. The number of hydrogen-bond donors (Lipinski definition) is 1. The minimum Gasteiger partial charge on any atom is -0.468 e. The van der Waals surface area contributed by atoms with E-state index in [2.05, 4.69) is 26.2 Å². The van der Waals surface area contributed by atoms with E-state index in [1.165, 1.54) is 7.11 Å². The summed E-state index contributed by atoms with van der Waals surface area (Å²) in [4.78, 5) is 12.0. The van der Waals surface area contributed by atoms with E-state index >= 15 is 0 Å². The second-order valence-electron chi connectivity index (χ2n) is 6.51. The average molecular weight is 256 g/mol. The summed E-state index contributed by atoms with van der Waals surface area (Å²) in [6.07, 6.45) is 5.05. The maximum Gasteiger partial charge on any atom is 0.327 e. The molecular formula is C14H28N2O2. The van der Waals surface area contributed by atoms with E-state index in [1.54, 1.807) is 0 Å². The Hall–Kier alpha value is -0.610. The molecule has 1 rings (SSSR count). The summed E-state index contributed by atoms with van der Waals surface area (Å²) in [5.74, 6) is -0.106. The van der Waals surface area contributed by atoms with Crippen LogP contribution in [0.5, 0.6) is 0 Å². The van der Waals surface area contributed by atoms with Crippen molar-refractivity contribution in [3.8, 4) is 0 Å². The molecule has 1 aliphatic carbocycles. The highest BCUT2D eigenvalue weighted by atomic mass is 16.5. The molecule has 0 radical (unpaired) electrons. The second kappa shape index (κ2) is 6.02. The fourth-order valence-corrected chi connectivity index (χ4v) is 2.58. The van der Waals surface area contributed by atoms with Crippen LogP contribution in [0.2, 0.25) is 0 Å². The Balaban J connectivity index is 2.56. The highest BCUT2D eigenvalue weighted by Crippen LogP contribution is 2.34. The van der Waals surface area contributed by atoms with Gasteiger partial charge in [-0.2, -0.15) is 0 Å². The number of esters is 1. The minimum absolute atomic E-state index is 0.106. The van der Waals surface area contributed by atoms with Crippen molar-refractivity contribution in [2.45, 2.75) is 58.4 Å². The van der Waals surface area contributed by atoms with E-state index in [9.17, 15) is 4.79 Å². The van der Waals surface area contributed by atoms with Gasteiger partial charge >= 0.3 is 5.97 Å². The number of methoxy groups -OCH3 is 1. The highest BCUT2D eigenvalue weighted by molar-refractivity contribution is 5.81. The Bertz CT molecular complexity index is 278. The van der Waals surface area contributed by atoms with Gasteiger partial charge < -0.3 is 4.74 Å². The normalized spacial score (nSPS) is 19.2. The SMILES string of the molecule is COC(=O)C1(N(C)NCCC(C)(C)C)CCCC1. The molecule has 0 unspecified atom stereocenters. The van der Waals surface area contributed by atoms with Crippen LogP contribution in [0.25, 0.3) is 0 Å². The van der Waals surface area contributed by atoms with Crippen LogP contribution in [-0.4, -0.2) is 37.2 Å². The lowest BCUT2D eigenvalue weighted by Crippen LogP contribution is -2.57. The summed E-state index contributed by atoms with van der Waals surface area (Å²) >= 11 is 0. The van der Waals surface area contributed by atoms with Crippen molar-refractivity contribution in [2.75, 3.05) is 20.7 Å². The van der Waals surface area contributed by atoms with Crippen molar-refractivity contribution >= 4 is 5.97 Å². The minimum atomic E-state index is -0.452. The van der Waals surface area contributed by atoms with Crippen molar-refractivity contribution in [1.82, 2.24) is 10.4 Å². The highest BCUT2D eigenvalue weighted by Gasteiger charge is 2.45. The molecule has 18 heavy (non-hydrogen) atoms. The van der Waals surface area contributed by atoms with Crippen molar-refractivity contribution in [3.63, 3.8) is 0 Å². The molecule has 1 N–H and O–H groups in total. The zero-order valence-electron chi connectivity index (χ0n) is 12.5. The molecule has 0 aliphatic heterocycles. The monoisotopic (exact) mass is 256 g/mol. The van der Waals surface area contributed by atoms with Gasteiger partial charge in [0, 0.05) is 13.6 Å². The number of carbonyl (C=O) groups is 1. The molecule has 0 aromatic rings. The lowest BCUT2D eigenvalue weighted by Gasteiger charge is -2.36. The van der Waals surface area contributed by atoms with Gasteiger partial charge in [-0.3, -0.25) is 5.43 Å². The lowest BCUT2D eigenvalue weighted by atomic mass is 9.92. The summed E-state index contributed by atoms with van der Waals surface area (Å²) in [5, 5.41) is 1.98. The van der Waals surface area contributed by atoms with Crippen molar-refractivity contribution in [1.29, 1.82) is 0 Å². The number of carbonyl (C=O) groups excluding carboxylic acids is 1. The van der Waals surface area contributed by atoms with Crippen LogP contribution in [0.4, 0.5) is 0 Å². The number of hydrogen-bond acceptors (Lipinski definition) is 4. The van der Waals surface area contributed by atoms with Crippen molar-refractivity contribution < 1.29 is 9.53 Å². The first kappa shape index (κ1) is 15.4. The zero-order chi connectivity index (χ0) is 13.8. The molecule has 0 amide bonds. The molecule has 1 saturated carbocycles. The molecule has 1 aliphatic rings. The first-order valence-corrected chi connectivity index (χ1v) is 6.88. The lowest BCUT2D eigenvalue weighted by molar-refractivity contribution is -0.156. The summed E-state index contributed by atoms with van der Waals surface area (Å²) in [5.41, 5.74) is 3.23. The number of likely N-dealkylation sites (N-methyl/N-ethyl adjacent to an activating group) is 1. The van der Waals surface area contributed by atoms with Gasteiger partial charge in [-0.25, -0.2) is 9.80 Å². The Morgan fingerprint density at radius 1 is 1.33 bits per heavy atom. The Kier molecular flexibility index (Phi) is 5.17. The first-order chi connectivity index (χ1) is 8.32. The van der Waals surface area contributed by atoms with Crippen molar-refractivity contribution in [2.24, 2.45) is 5.41 Å². The van der Waals surface area contributed by atoms with E-state index in [-0.39, 0.29) is 5.97 Å². The van der Waals surface area contributed by atoms with E-state index in [0.717, 1.165) is 38.6 Å². The third-order valence-corrected chi connectivity index (χ3v) is 3.86. The summed E-state index contributed by atoms with van der Waals surface area (Å²) in [7, 11) is 3.44. The summed E-state index contributed by atoms with van der Waals surface area (Å²) in [6, 6.07) is 0. The van der Waals surface area contributed by atoms with Gasteiger partial charge in [0.15, 0.2) is 0 Å². The third-order valence-electron chi connectivity index (χ3n) is 3.86. The van der Waals surface area contributed by atoms with Gasteiger partial charge in [0.05, 0.1) is 7.11 Å². The maximum atomic E-state index is 12.0. The Labute approximate surface area is 111 Å². The van der Waals surface area contributed by atoms with Crippen LogP contribution in [-0.2, 0) is 9.53 Å². The van der Waals surface area contributed by atoms with Crippen LogP contribution in [0, 0.1) is 5.41 Å². The molecule has 0 bridgehead atoms. The van der Waals surface area contributed by atoms with E-state index in [4.69, 9.17) is 4.74 Å². The molecule has 0 spiro atoms. The van der Waals surface area contributed by atoms with E-state index in [0.29, 0.717) is 5.41 Å². The van der Waals surface area contributed by atoms with Crippen molar-refractivity contribution in [3.05, 3.63) is 0 Å². The van der Waals surface area contributed by atoms with Crippen LogP contribution in [0.1, 0.15) is 52.9 Å². The molecule has 4 heteroatoms. The van der Waals surface area contributed by atoms with Gasteiger partial charge in [0.2, 0.25) is 0 Å². The predicted octanol–water partition coefficient (Wildman–Crippen LogP) is 2.34. The quantitative estimate of drug-likeness (QED) is 0.605. The fourth-order valence-electron chi connectivity index (χ4n) is 2.58. The summed E-state index contributed by atoms with van der Waals surface area (Å²) < 4.78 is 4.99. The molecule has 0 atom stereocenters. The zero-order valence-corrected chi connectivity index (χ0v) is 12.5. The fraction of sp³-hybridized carbons (Fsp3) is 0.929. The molecule has 0 saturated heterocycles. The second-order valence-corrected chi connectivity index (χ2v) is 6.51. The molecule has 0 aromatic carbocycles. The standard InChI is InChI=1S/C14H28N2O2/c1-13(2,3)10-11-15-16(4)14(12(17)18-5)8-6-7-9-14/h15H,6-11H2,1-5H3. The number of nitrogens with one attached hydrogen (secondary N) is 1. The van der Waals surface area contributed by atoms with Crippen LogP contribution in [0.15, 0.2) is 0 Å². The third kappa shape index (κ3) is 3.69. The van der Waals surface area contributed by atoms with E-state index < -0.39 is 5.54 Å². The number of rotatable bonds is 5. The van der Waals surface area contributed by atoms with Gasteiger partial charge in [0.25, 0.3) is 0 Å². The van der Waals surface area contributed by atoms with E-state index in [1.807, 2.05) is 12.1 Å². The predicted molar refractivity (Wildman–Crippen MR) is 73.1 cm³/mol. The smallest absolute Gasteiger partial charge is 0.327 e. The largest absolute Gasteiger partial charge is 0.468 e. The number of nitrogens with zero attached hydrogens (tertiary/aromatic N) is 1.